The minimum atomic E-state index is -3.19. The summed E-state index contributed by atoms with van der Waals surface area (Å²) >= 11 is 5.32. The molecule has 0 spiro atoms. The minimum Gasteiger partial charge on any atom is -0.284 e. The molecule has 2 N–H and O–H groups in total. The van der Waals surface area contributed by atoms with Crippen LogP contribution in [0.5, 0.6) is 0 Å². The molecule has 0 bridgehead atoms. The highest BCUT2D eigenvalue weighted by Crippen LogP contribution is 2.10. The summed E-state index contributed by atoms with van der Waals surface area (Å²) in [5.41, 5.74) is 1.53. The summed E-state index contributed by atoms with van der Waals surface area (Å²) in [5, 5.41) is 0. The van der Waals surface area contributed by atoms with E-state index in [0.717, 1.165) is 11.8 Å². The van der Waals surface area contributed by atoms with Gasteiger partial charge in [0, 0.05) is 12.2 Å². The van der Waals surface area contributed by atoms with Gasteiger partial charge in [0.05, 0.1) is 6.26 Å². The molecule has 0 amide bonds. The maximum atomic E-state index is 10.9. The Kier molecular flexibility index (Phi) is 3.74. The fourth-order valence-electron chi connectivity index (χ4n) is 0.982. The predicted octanol–water partition coefficient (Wildman–Crippen LogP) is 1.30. The Morgan fingerprint density at radius 2 is 1.86 bits per heavy atom. The molecule has 0 radical (unpaired) electrons. The van der Waals surface area contributed by atoms with Gasteiger partial charge in [-0.1, -0.05) is 12.1 Å². The van der Waals surface area contributed by atoms with Crippen LogP contribution in [0, 0.1) is 0 Å². The Bertz CT molecular complexity index is 388. The zero-order valence-corrected chi connectivity index (χ0v) is 9.19. The van der Waals surface area contributed by atoms with Crippen LogP contribution in [0.2, 0.25) is 0 Å². The van der Waals surface area contributed by atoms with Crippen LogP contribution >= 0.6 is 11.8 Å². The lowest BCUT2D eigenvalue weighted by molar-refractivity contribution is 0.607. The van der Waals surface area contributed by atoms with Crippen LogP contribution in [-0.4, -0.2) is 14.7 Å². The second-order valence-electron chi connectivity index (χ2n) is 2.88. The molecule has 4 nitrogen and oxygen atoms in total. The highest BCUT2D eigenvalue weighted by atomic mass is 35.5. The van der Waals surface area contributed by atoms with Gasteiger partial charge in [0.2, 0.25) is 10.0 Å². The second-order valence-corrected chi connectivity index (χ2v) is 4.90. The second kappa shape index (κ2) is 4.63. The van der Waals surface area contributed by atoms with Crippen LogP contribution in [0.4, 0.5) is 5.69 Å². The maximum Gasteiger partial charge on any atom is 0.229 e. The lowest BCUT2D eigenvalue weighted by Gasteiger charge is -2.04. The molecular weight excluding hydrogens is 224 g/mol. The Labute approximate surface area is 88.4 Å². The van der Waals surface area contributed by atoms with Gasteiger partial charge >= 0.3 is 0 Å². The fraction of sp³-hybridized carbons (Fsp3) is 0.250. The third-order valence-electron chi connectivity index (χ3n) is 1.53. The lowest BCUT2D eigenvalue weighted by Crippen LogP contribution is -2.09. The fourth-order valence-corrected chi connectivity index (χ4v) is 1.70. The molecule has 1 rings (SSSR count). The van der Waals surface area contributed by atoms with Crippen molar-refractivity contribution in [2.24, 2.45) is 0 Å². The molecule has 0 unspecified atom stereocenters. The van der Waals surface area contributed by atoms with Crippen LogP contribution in [0.1, 0.15) is 5.56 Å². The summed E-state index contributed by atoms with van der Waals surface area (Å²) in [6.45, 7) is 0.542. The first-order valence-corrected chi connectivity index (χ1v) is 6.18. The highest BCUT2D eigenvalue weighted by Gasteiger charge is 2.00. The lowest BCUT2D eigenvalue weighted by atomic mass is 10.2. The molecule has 1 aromatic rings. The highest BCUT2D eigenvalue weighted by molar-refractivity contribution is 7.92. The number of benzene rings is 1. The van der Waals surface area contributed by atoms with E-state index < -0.39 is 10.0 Å². The van der Waals surface area contributed by atoms with E-state index in [1.54, 1.807) is 24.3 Å². The van der Waals surface area contributed by atoms with E-state index in [1.165, 1.54) is 0 Å². The molecular formula is C8H11ClN2O2S. The van der Waals surface area contributed by atoms with E-state index in [1.807, 2.05) is 0 Å². The first-order valence-electron chi connectivity index (χ1n) is 3.91. The molecule has 0 saturated heterocycles. The molecule has 0 atom stereocenters. The molecule has 0 saturated carbocycles. The first kappa shape index (κ1) is 11.3. The summed E-state index contributed by atoms with van der Waals surface area (Å²) < 4.78 is 24.1. The number of hydrogen-bond acceptors (Lipinski definition) is 3. The third kappa shape index (κ3) is 3.95. The van der Waals surface area contributed by atoms with Crippen molar-refractivity contribution in [1.82, 2.24) is 4.84 Å². The number of sulfonamides is 1. The van der Waals surface area contributed by atoms with Gasteiger partial charge in [-0.15, -0.1) is 0 Å². The van der Waals surface area contributed by atoms with Crippen LogP contribution in [0.15, 0.2) is 24.3 Å². The van der Waals surface area contributed by atoms with E-state index in [2.05, 4.69) is 9.56 Å². The summed E-state index contributed by atoms with van der Waals surface area (Å²) in [4.78, 5) is 2.49. The van der Waals surface area contributed by atoms with Gasteiger partial charge in [0.1, 0.15) is 0 Å². The van der Waals surface area contributed by atoms with Crippen LogP contribution in [-0.2, 0) is 16.6 Å². The molecule has 0 aromatic heterocycles. The van der Waals surface area contributed by atoms with E-state index in [0.29, 0.717) is 12.2 Å². The Morgan fingerprint density at radius 3 is 2.29 bits per heavy atom. The third-order valence-corrected chi connectivity index (χ3v) is 2.27. The van der Waals surface area contributed by atoms with Crippen molar-refractivity contribution in [3.63, 3.8) is 0 Å². The first-order chi connectivity index (χ1) is 6.51. The zero-order valence-electron chi connectivity index (χ0n) is 7.62. The number of nitrogens with one attached hydrogen (secondary N) is 2. The monoisotopic (exact) mass is 234 g/mol. The van der Waals surface area contributed by atoms with E-state index in [4.69, 9.17) is 11.8 Å². The van der Waals surface area contributed by atoms with Crippen molar-refractivity contribution in [2.75, 3.05) is 11.0 Å². The van der Waals surface area contributed by atoms with Crippen molar-refractivity contribution >= 4 is 27.5 Å². The number of hydrogen-bond donors (Lipinski definition) is 2. The Balaban J connectivity index is 2.74. The maximum absolute atomic E-state index is 10.9. The predicted molar refractivity (Wildman–Crippen MR) is 57.6 cm³/mol. The van der Waals surface area contributed by atoms with Gasteiger partial charge in [-0.2, -0.15) is 0 Å². The molecule has 0 heterocycles. The number of anilines is 1. The Morgan fingerprint density at radius 1 is 1.29 bits per heavy atom. The van der Waals surface area contributed by atoms with E-state index in [-0.39, 0.29) is 0 Å². The number of rotatable bonds is 4. The van der Waals surface area contributed by atoms with Gasteiger partial charge in [-0.25, -0.2) is 13.3 Å². The zero-order chi connectivity index (χ0) is 10.6. The van der Waals surface area contributed by atoms with Crippen molar-refractivity contribution in [3.8, 4) is 0 Å². The standard InChI is InChI=1S/C8H11ClN2O2S/c1-14(12,13)11-8-4-2-7(3-5-8)6-10-9/h2-5,10-11H,6H2,1H3. The topological polar surface area (TPSA) is 58.2 Å². The van der Waals surface area contributed by atoms with E-state index in [9.17, 15) is 8.42 Å². The van der Waals surface area contributed by atoms with Crippen LogP contribution < -0.4 is 9.56 Å². The van der Waals surface area contributed by atoms with Crippen molar-refractivity contribution in [2.45, 2.75) is 6.54 Å². The van der Waals surface area contributed by atoms with Gasteiger partial charge in [0.15, 0.2) is 0 Å². The minimum absolute atomic E-state index is 0.542. The molecule has 6 heteroatoms. The number of halogens is 1. The van der Waals surface area contributed by atoms with Crippen molar-refractivity contribution < 1.29 is 8.42 Å². The van der Waals surface area contributed by atoms with Gasteiger partial charge in [-0.05, 0) is 29.5 Å². The molecule has 14 heavy (non-hydrogen) atoms. The average molecular weight is 235 g/mol. The summed E-state index contributed by atoms with van der Waals surface area (Å²) in [7, 11) is -3.19. The van der Waals surface area contributed by atoms with Gasteiger partial charge in [-0.3, -0.25) is 4.72 Å². The molecule has 0 fully saturated rings. The van der Waals surface area contributed by atoms with Crippen molar-refractivity contribution in [1.29, 1.82) is 0 Å². The quantitative estimate of drug-likeness (QED) is 0.773. The van der Waals surface area contributed by atoms with Crippen LogP contribution in [0.25, 0.3) is 0 Å². The Hall–Kier alpha value is -0.780. The smallest absolute Gasteiger partial charge is 0.229 e. The van der Waals surface area contributed by atoms with Gasteiger partial charge < -0.3 is 0 Å². The van der Waals surface area contributed by atoms with Gasteiger partial charge in [0.25, 0.3) is 0 Å². The summed E-state index contributed by atoms with van der Waals surface area (Å²) in [6.07, 6.45) is 1.11. The molecule has 78 valence electrons. The molecule has 0 aliphatic carbocycles. The SMILES string of the molecule is CS(=O)(=O)Nc1ccc(CNCl)cc1. The normalized spacial score (nSPS) is 11.3. The van der Waals surface area contributed by atoms with Crippen molar-refractivity contribution in [3.05, 3.63) is 29.8 Å². The van der Waals surface area contributed by atoms with Crippen LogP contribution in [0.3, 0.4) is 0 Å². The van der Waals surface area contributed by atoms with E-state index >= 15 is 0 Å². The molecule has 1 aromatic carbocycles. The molecule has 0 aliphatic rings. The average Bonchev–Trinajstić information content (AvgIpc) is 2.06. The summed E-state index contributed by atoms with van der Waals surface area (Å²) in [6, 6.07) is 6.96. The molecule has 0 aliphatic heterocycles. The largest absolute Gasteiger partial charge is 0.284 e. The summed E-state index contributed by atoms with van der Waals surface area (Å²) in [5.74, 6) is 0.